The van der Waals surface area contributed by atoms with Crippen molar-refractivity contribution >= 4 is 11.7 Å². The lowest BCUT2D eigenvalue weighted by atomic mass is 10.1. The van der Waals surface area contributed by atoms with Crippen LogP contribution in [0.3, 0.4) is 0 Å². The van der Waals surface area contributed by atoms with Crippen LogP contribution in [-0.4, -0.2) is 33.7 Å². The van der Waals surface area contributed by atoms with Crippen molar-refractivity contribution in [1.82, 2.24) is 14.7 Å². The van der Waals surface area contributed by atoms with Crippen LogP contribution in [0.4, 0.5) is 5.82 Å². The Hall–Kier alpha value is -1.52. The molecule has 5 heteroatoms. The van der Waals surface area contributed by atoms with Gasteiger partial charge in [0.1, 0.15) is 5.82 Å². The normalized spacial score (nSPS) is 17.7. The zero-order valence-corrected chi connectivity index (χ0v) is 9.59. The fraction of sp³-hybridized carbons (Fsp3) is 0.636. The standard InChI is InChI=1S/C11H18N4O/c1-2-11(16)14-6-3-9(4-7-14)15-8-5-10(12)13-15/h5,8-9H,2-4,6-7H2,1H3,(H2,12,13). The number of likely N-dealkylation sites (tertiary alicyclic amines) is 1. The van der Waals surface area contributed by atoms with Crippen molar-refractivity contribution in [3.63, 3.8) is 0 Å². The highest BCUT2D eigenvalue weighted by Gasteiger charge is 2.23. The van der Waals surface area contributed by atoms with Crippen molar-refractivity contribution in [2.75, 3.05) is 18.8 Å². The summed E-state index contributed by atoms with van der Waals surface area (Å²) in [5.41, 5.74) is 5.59. The Balaban J connectivity index is 1.92. The summed E-state index contributed by atoms with van der Waals surface area (Å²) in [5, 5.41) is 4.22. The number of amides is 1. The maximum absolute atomic E-state index is 11.5. The van der Waals surface area contributed by atoms with E-state index in [9.17, 15) is 4.79 Å². The van der Waals surface area contributed by atoms with E-state index in [2.05, 4.69) is 5.10 Å². The molecule has 2 rings (SSSR count). The molecular weight excluding hydrogens is 204 g/mol. The lowest BCUT2D eigenvalue weighted by Gasteiger charge is -2.31. The topological polar surface area (TPSA) is 64.2 Å². The first-order valence-corrected chi connectivity index (χ1v) is 5.79. The van der Waals surface area contributed by atoms with Crippen LogP contribution in [0, 0.1) is 0 Å². The highest BCUT2D eigenvalue weighted by molar-refractivity contribution is 5.75. The minimum Gasteiger partial charge on any atom is -0.382 e. The molecule has 0 aliphatic carbocycles. The Morgan fingerprint density at radius 2 is 2.25 bits per heavy atom. The summed E-state index contributed by atoms with van der Waals surface area (Å²) in [6.07, 6.45) is 4.44. The molecule has 0 bridgehead atoms. The molecule has 88 valence electrons. The van der Waals surface area contributed by atoms with E-state index < -0.39 is 0 Å². The highest BCUT2D eigenvalue weighted by atomic mass is 16.2. The Bertz CT molecular complexity index is 366. The number of nitrogens with zero attached hydrogens (tertiary/aromatic N) is 3. The summed E-state index contributed by atoms with van der Waals surface area (Å²) >= 11 is 0. The minimum atomic E-state index is 0.249. The molecule has 2 N–H and O–H groups in total. The van der Waals surface area contributed by atoms with Crippen LogP contribution in [0.1, 0.15) is 32.2 Å². The first-order valence-electron chi connectivity index (χ1n) is 5.79. The molecule has 1 aliphatic heterocycles. The van der Waals surface area contributed by atoms with Gasteiger partial charge in [-0.15, -0.1) is 0 Å². The molecule has 0 atom stereocenters. The van der Waals surface area contributed by atoms with Gasteiger partial charge in [0.2, 0.25) is 5.91 Å². The SMILES string of the molecule is CCC(=O)N1CCC(n2ccc(N)n2)CC1. The van der Waals surface area contributed by atoms with E-state index in [0.717, 1.165) is 25.9 Å². The Labute approximate surface area is 95.2 Å². The van der Waals surface area contributed by atoms with Crippen molar-refractivity contribution in [2.24, 2.45) is 0 Å². The Morgan fingerprint density at radius 1 is 1.56 bits per heavy atom. The van der Waals surface area contributed by atoms with Crippen LogP contribution < -0.4 is 5.73 Å². The molecule has 0 aromatic carbocycles. The molecule has 0 spiro atoms. The Morgan fingerprint density at radius 3 is 2.75 bits per heavy atom. The number of rotatable bonds is 2. The molecule has 1 saturated heterocycles. The van der Waals surface area contributed by atoms with Gasteiger partial charge in [0, 0.05) is 25.7 Å². The fourth-order valence-corrected chi connectivity index (χ4v) is 2.16. The van der Waals surface area contributed by atoms with Gasteiger partial charge in [-0.2, -0.15) is 5.10 Å². The van der Waals surface area contributed by atoms with E-state index in [1.165, 1.54) is 0 Å². The third kappa shape index (κ3) is 2.18. The second kappa shape index (κ2) is 4.55. The van der Waals surface area contributed by atoms with Crippen molar-refractivity contribution in [3.05, 3.63) is 12.3 Å². The number of aromatic nitrogens is 2. The van der Waals surface area contributed by atoms with Gasteiger partial charge in [-0.1, -0.05) is 6.92 Å². The fourth-order valence-electron chi connectivity index (χ4n) is 2.16. The third-order valence-corrected chi connectivity index (χ3v) is 3.12. The molecule has 1 aromatic rings. The monoisotopic (exact) mass is 222 g/mol. The number of hydrogen-bond acceptors (Lipinski definition) is 3. The highest BCUT2D eigenvalue weighted by Crippen LogP contribution is 2.22. The number of nitrogens with two attached hydrogens (primary N) is 1. The van der Waals surface area contributed by atoms with Crippen molar-refractivity contribution in [1.29, 1.82) is 0 Å². The maximum Gasteiger partial charge on any atom is 0.222 e. The van der Waals surface area contributed by atoms with Crippen LogP contribution in [0.15, 0.2) is 12.3 Å². The molecular formula is C11H18N4O. The van der Waals surface area contributed by atoms with Crippen molar-refractivity contribution < 1.29 is 4.79 Å². The first-order chi connectivity index (χ1) is 7.70. The largest absolute Gasteiger partial charge is 0.382 e. The van der Waals surface area contributed by atoms with E-state index in [0.29, 0.717) is 18.3 Å². The second-order valence-corrected chi connectivity index (χ2v) is 4.19. The lowest BCUT2D eigenvalue weighted by Crippen LogP contribution is -2.38. The van der Waals surface area contributed by atoms with E-state index >= 15 is 0 Å². The zero-order valence-electron chi connectivity index (χ0n) is 9.59. The van der Waals surface area contributed by atoms with Gasteiger partial charge in [0.15, 0.2) is 0 Å². The number of hydrogen-bond donors (Lipinski definition) is 1. The zero-order chi connectivity index (χ0) is 11.5. The van der Waals surface area contributed by atoms with E-state index in [1.807, 2.05) is 28.8 Å². The predicted octanol–water partition coefficient (Wildman–Crippen LogP) is 1.04. The molecule has 0 radical (unpaired) electrons. The molecule has 0 saturated carbocycles. The van der Waals surface area contributed by atoms with Gasteiger partial charge in [-0.25, -0.2) is 0 Å². The lowest BCUT2D eigenvalue weighted by molar-refractivity contribution is -0.132. The van der Waals surface area contributed by atoms with Crippen LogP contribution in [0.25, 0.3) is 0 Å². The summed E-state index contributed by atoms with van der Waals surface area (Å²) < 4.78 is 1.92. The number of carbonyl (C=O) groups excluding carboxylic acids is 1. The maximum atomic E-state index is 11.5. The molecule has 5 nitrogen and oxygen atoms in total. The average molecular weight is 222 g/mol. The molecule has 1 amide bonds. The van der Waals surface area contributed by atoms with Crippen molar-refractivity contribution in [2.45, 2.75) is 32.2 Å². The smallest absolute Gasteiger partial charge is 0.222 e. The summed E-state index contributed by atoms with van der Waals surface area (Å²) in [7, 11) is 0. The molecule has 0 unspecified atom stereocenters. The van der Waals surface area contributed by atoms with Gasteiger partial charge in [-0.05, 0) is 18.9 Å². The van der Waals surface area contributed by atoms with Gasteiger partial charge in [-0.3, -0.25) is 9.48 Å². The number of nitrogen functional groups attached to an aromatic ring is 1. The van der Waals surface area contributed by atoms with Crippen LogP contribution in [0.2, 0.25) is 0 Å². The molecule has 2 heterocycles. The van der Waals surface area contributed by atoms with Gasteiger partial charge in [0.05, 0.1) is 6.04 Å². The minimum absolute atomic E-state index is 0.249. The molecule has 1 aromatic heterocycles. The Kier molecular flexibility index (Phi) is 3.12. The van der Waals surface area contributed by atoms with Gasteiger partial charge >= 0.3 is 0 Å². The number of carbonyl (C=O) groups is 1. The summed E-state index contributed by atoms with van der Waals surface area (Å²) in [6.45, 7) is 3.57. The van der Waals surface area contributed by atoms with Crippen LogP contribution >= 0.6 is 0 Å². The second-order valence-electron chi connectivity index (χ2n) is 4.19. The van der Waals surface area contributed by atoms with E-state index in [4.69, 9.17) is 5.73 Å². The first kappa shape index (κ1) is 11.0. The summed E-state index contributed by atoms with van der Waals surface area (Å²) in [5.74, 6) is 0.811. The number of anilines is 1. The van der Waals surface area contributed by atoms with Crippen LogP contribution in [-0.2, 0) is 4.79 Å². The van der Waals surface area contributed by atoms with Crippen LogP contribution in [0.5, 0.6) is 0 Å². The quantitative estimate of drug-likeness (QED) is 0.813. The van der Waals surface area contributed by atoms with Gasteiger partial charge in [0.25, 0.3) is 0 Å². The van der Waals surface area contributed by atoms with Gasteiger partial charge < -0.3 is 10.6 Å². The van der Waals surface area contributed by atoms with E-state index in [-0.39, 0.29) is 5.91 Å². The number of piperidine rings is 1. The molecule has 1 aliphatic rings. The average Bonchev–Trinajstić information content (AvgIpc) is 2.75. The summed E-state index contributed by atoms with van der Waals surface area (Å²) in [4.78, 5) is 13.4. The predicted molar refractivity (Wildman–Crippen MR) is 61.8 cm³/mol. The molecule has 16 heavy (non-hydrogen) atoms. The summed E-state index contributed by atoms with van der Waals surface area (Å²) in [6, 6.07) is 2.20. The molecule has 1 fully saturated rings. The third-order valence-electron chi connectivity index (χ3n) is 3.12. The van der Waals surface area contributed by atoms with E-state index in [1.54, 1.807) is 0 Å². The van der Waals surface area contributed by atoms with Crippen molar-refractivity contribution in [3.8, 4) is 0 Å².